The molecule has 0 amide bonds. The summed E-state index contributed by atoms with van der Waals surface area (Å²) in [5.74, 6) is 0. The standard InChI is InChI=1S/C15H14BrCl3N2/c1-21(2)14-6-3-9(16)7-13(14)20-8-10-11(17)4-5-12(18)15(10)19/h3-7,20H,8H2,1-2H3. The van der Waals surface area contributed by atoms with Gasteiger partial charge in [0, 0.05) is 35.7 Å². The van der Waals surface area contributed by atoms with Crippen molar-refractivity contribution in [3.63, 3.8) is 0 Å². The van der Waals surface area contributed by atoms with Crippen LogP contribution in [0.5, 0.6) is 0 Å². The molecule has 0 fully saturated rings. The smallest absolute Gasteiger partial charge is 0.0657 e. The topological polar surface area (TPSA) is 15.3 Å². The predicted molar refractivity (Wildman–Crippen MR) is 97.3 cm³/mol. The third-order valence-electron chi connectivity index (χ3n) is 3.03. The second kappa shape index (κ2) is 7.10. The maximum atomic E-state index is 6.22. The molecule has 0 unspecified atom stereocenters. The lowest BCUT2D eigenvalue weighted by Crippen LogP contribution is -2.12. The highest BCUT2D eigenvalue weighted by Gasteiger charge is 2.11. The molecule has 0 bridgehead atoms. The van der Waals surface area contributed by atoms with Gasteiger partial charge < -0.3 is 10.2 Å². The highest BCUT2D eigenvalue weighted by molar-refractivity contribution is 9.10. The van der Waals surface area contributed by atoms with Crippen molar-refractivity contribution >= 4 is 62.1 Å². The van der Waals surface area contributed by atoms with Crippen LogP contribution in [0.4, 0.5) is 11.4 Å². The average Bonchev–Trinajstić information content (AvgIpc) is 2.43. The maximum absolute atomic E-state index is 6.22. The summed E-state index contributed by atoms with van der Waals surface area (Å²) in [6, 6.07) is 9.50. The lowest BCUT2D eigenvalue weighted by molar-refractivity contribution is 1.10. The van der Waals surface area contributed by atoms with Gasteiger partial charge in [0.1, 0.15) is 0 Å². The average molecular weight is 409 g/mol. The van der Waals surface area contributed by atoms with E-state index >= 15 is 0 Å². The second-order valence-electron chi connectivity index (χ2n) is 4.73. The molecule has 2 aromatic carbocycles. The Kier molecular flexibility index (Phi) is 5.67. The van der Waals surface area contributed by atoms with Gasteiger partial charge in [0.05, 0.1) is 21.4 Å². The molecule has 0 aliphatic carbocycles. The Morgan fingerprint density at radius 1 is 1.05 bits per heavy atom. The maximum Gasteiger partial charge on any atom is 0.0657 e. The number of rotatable bonds is 4. The molecule has 2 aromatic rings. The van der Waals surface area contributed by atoms with Crippen molar-refractivity contribution < 1.29 is 0 Å². The minimum atomic E-state index is 0.484. The first-order valence-electron chi connectivity index (χ1n) is 6.23. The minimum Gasteiger partial charge on any atom is -0.379 e. The first-order chi connectivity index (χ1) is 9.90. The van der Waals surface area contributed by atoms with E-state index in [9.17, 15) is 0 Å². The third kappa shape index (κ3) is 3.98. The highest BCUT2D eigenvalue weighted by atomic mass is 79.9. The van der Waals surface area contributed by atoms with Crippen LogP contribution >= 0.6 is 50.7 Å². The molecule has 0 aliphatic rings. The Balaban J connectivity index is 2.29. The van der Waals surface area contributed by atoms with Gasteiger partial charge in [-0.25, -0.2) is 0 Å². The quantitative estimate of drug-likeness (QED) is 0.616. The van der Waals surface area contributed by atoms with Crippen molar-refractivity contribution in [3.8, 4) is 0 Å². The van der Waals surface area contributed by atoms with Gasteiger partial charge in [-0.15, -0.1) is 0 Å². The van der Waals surface area contributed by atoms with E-state index < -0.39 is 0 Å². The molecule has 2 rings (SSSR count). The Morgan fingerprint density at radius 2 is 1.71 bits per heavy atom. The van der Waals surface area contributed by atoms with Crippen molar-refractivity contribution in [2.75, 3.05) is 24.3 Å². The molecule has 0 aliphatic heterocycles. The van der Waals surface area contributed by atoms with Crippen LogP contribution in [0.2, 0.25) is 15.1 Å². The van der Waals surface area contributed by atoms with Gasteiger partial charge in [-0.05, 0) is 30.3 Å². The van der Waals surface area contributed by atoms with Crippen molar-refractivity contribution in [2.24, 2.45) is 0 Å². The summed E-state index contributed by atoms with van der Waals surface area (Å²) in [4.78, 5) is 2.04. The van der Waals surface area contributed by atoms with E-state index in [0.29, 0.717) is 21.6 Å². The molecule has 21 heavy (non-hydrogen) atoms. The Hall–Kier alpha value is -0.610. The van der Waals surface area contributed by atoms with Crippen molar-refractivity contribution in [1.29, 1.82) is 0 Å². The van der Waals surface area contributed by atoms with E-state index in [0.717, 1.165) is 21.4 Å². The molecule has 0 saturated carbocycles. The minimum absolute atomic E-state index is 0.484. The van der Waals surface area contributed by atoms with Crippen LogP contribution in [0.1, 0.15) is 5.56 Å². The van der Waals surface area contributed by atoms with E-state index in [1.165, 1.54) is 0 Å². The number of halogens is 4. The van der Waals surface area contributed by atoms with Gasteiger partial charge in [-0.1, -0.05) is 50.7 Å². The summed E-state index contributed by atoms with van der Waals surface area (Å²) in [5, 5.41) is 4.94. The van der Waals surface area contributed by atoms with E-state index in [1.54, 1.807) is 12.1 Å². The molecule has 0 aromatic heterocycles. The van der Waals surface area contributed by atoms with Gasteiger partial charge >= 0.3 is 0 Å². The number of hydrogen-bond acceptors (Lipinski definition) is 2. The summed E-state index contributed by atoms with van der Waals surface area (Å²) in [6.45, 7) is 0.496. The molecule has 0 heterocycles. The number of nitrogens with zero attached hydrogens (tertiary/aromatic N) is 1. The molecule has 112 valence electrons. The summed E-state index contributed by atoms with van der Waals surface area (Å²) in [6.07, 6.45) is 0. The lowest BCUT2D eigenvalue weighted by atomic mass is 10.2. The summed E-state index contributed by atoms with van der Waals surface area (Å²) >= 11 is 21.9. The van der Waals surface area contributed by atoms with Crippen molar-refractivity contribution in [2.45, 2.75) is 6.54 Å². The van der Waals surface area contributed by atoms with Gasteiger partial charge in [0.25, 0.3) is 0 Å². The van der Waals surface area contributed by atoms with Crippen LogP contribution in [0.25, 0.3) is 0 Å². The fourth-order valence-corrected chi connectivity index (χ4v) is 3.00. The predicted octanol–water partition coefficient (Wildman–Crippen LogP) is 6.09. The Morgan fingerprint density at radius 3 is 2.38 bits per heavy atom. The van der Waals surface area contributed by atoms with E-state index in [2.05, 4.69) is 21.2 Å². The Bertz CT molecular complexity index is 660. The van der Waals surface area contributed by atoms with Crippen LogP contribution in [0, 0.1) is 0 Å². The van der Waals surface area contributed by atoms with Gasteiger partial charge in [-0.2, -0.15) is 0 Å². The zero-order valence-electron chi connectivity index (χ0n) is 11.6. The Labute approximate surface area is 148 Å². The van der Waals surface area contributed by atoms with Crippen molar-refractivity contribution in [1.82, 2.24) is 0 Å². The van der Waals surface area contributed by atoms with Gasteiger partial charge in [0.2, 0.25) is 0 Å². The molecule has 0 spiro atoms. The lowest BCUT2D eigenvalue weighted by Gasteiger charge is -2.19. The number of benzene rings is 2. The molecule has 0 radical (unpaired) electrons. The highest BCUT2D eigenvalue weighted by Crippen LogP contribution is 2.33. The fraction of sp³-hybridized carbons (Fsp3) is 0.200. The van der Waals surface area contributed by atoms with Crippen LogP contribution < -0.4 is 10.2 Å². The largest absolute Gasteiger partial charge is 0.379 e. The van der Waals surface area contributed by atoms with E-state index in [-0.39, 0.29) is 0 Å². The molecule has 0 atom stereocenters. The number of anilines is 2. The molecule has 6 heteroatoms. The molecular weight excluding hydrogens is 394 g/mol. The second-order valence-corrected chi connectivity index (χ2v) is 6.84. The number of nitrogens with one attached hydrogen (secondary N) is 1. The summed E-state index contributed by atoms with van der Waals surface area (Å²) < 4.78 is 0.999. The monoisotopic (exact) mass is 406 g/mol. The summed E-state index contributed by atoms with van der Waals surface area (Å²) in [7, 11) is 3.99. The van der Waals surface area contributed by atoms with E-state index in [4.69, 9.17) is 34.8 Å². The van der Waals surface area contributed by atoms with Crippen LogP contribution in [-0.4, -0.2) is 14.1 Å². The number of hydrogen-bond donors (Lipinski definition) is 1. The molecule has 1 N–H and O–H groups in total. The first-order valence-corrected chi connectivity index (χ1v) is 8.16. The molecular formula is C15H14BrCl3N2. The van der Waals surface area contributed by atoms with Crippen LogP contribution in [-0.2, 0) is 6.54 Å². The molecule has 2 nitrogen and oxygen atoms in total. The zero-order valence-corrected chi connectivity index (χ0v) is 15.4. The van der Waals surface area contributed by atoms with Gasteiger partial charge in [0.15, 0.2) is 0 Å². The SMILES string of the molecule is CN(C)c1ccc(Br)cc1NCc1c(Cl)ccc(Cl)c1Cl. The van der Waals surface area contributed by atoms with Crippen LogP contribution in [0.15, 0.2) is 34.8 Å². The zero-order chi connectivity index (χ0) is 15.6. The fourth-order valence-electron chi connectivity index (χ4n) is 1.95. The first kappa shape index (κ1) is 16.8. The van der Waals surface area contributed by atoms with Gasteiger partial charge in [-0.3, -0.25) is 0 Å². The van der Waals surface area contributed by atoms with E-state index in [1.807, 2.05) is 37.2 Å². The summed E-state index contributed by atoms with van der Waals surface area (Å²) in [5.41, 5.74) is 2.85. The van der Waals surface area contributed by atoms with Crippen molar-refractivity contribution in [3.05, 3.63) is 55.4 Å². The third-order valence-corrected chi connectivity index (χ3v) is 4.73. The normalized spacial score (nSPS) is 10.6. The van der Waals surface area contributed by atoms with Crippen LogP contribution in [0.3, 0.4) is 0 Å². The molecule has 0 saturated heterocycles.